The standard InChI is InChI=1S/C20H25N5O4/c21-15(9-13-5-2-1-3-6-13)19(27)25-8-4-7-17(25)18(26)24-16(20(28)29)10-14-11-22-12-23-14/h1-3,5-6,11-12,15-17H,4,7-10,21H2,(H,22,23)(H,24,26)(H,28,29). The SMILES string of the molecule is NC(Cc1ccccc1)C(=O)N1CCCC1C(=O)NC(Cc1cnc[nH]1)C(=O)O. The number of hydrogen-bond acceptors (Lipinski definition) is 5. The van der Waals surface area contributed by atoms with Crippen LogP contribution in [0.4, 0.5) is 0 Å². The van der Waals surface area contributed by atoms with Gasteiger partial charge in [0.15, 0.2) is 0 Å². The van der Waals surface area contributed by atoms with Crippen molar-refractivity contribution in [3.63, 3.8) is 0 Å². The lowest BCUT2D eigenvalue weighted by Gasteiger charge is -2.27. The number of nitrogens with zero attached hydrogens (tertiary/aromatic N) is 2. The highest BCUT2D eigenvalue weighted by atomic mass is 16.4. The molecular weight excluding hydrogens is 374 g/mol. The number of likely N-dealkylation sites (tertiary alicyclic amines) is 1. The van der Waals surface area contributed by atoms with Gasteiger partial charge in [-0.25, -0.2) is 9.78 Å². The molecule has 0 saturated carbocycles. The number of imidazole rings is 1. The van der Waals surface area contributed by atoms with Crippen LogP contribution in [0.3, 0.4) is 0 Å². The molecular formula is C20H25N5O4. The van der Waals surface area contributed by atoms with Gasteiger partial charge in [0.1, 0.15) is 12.1 Å². The van der Waals surface area contributed by atoms with Gasteiger partial charge in [0.05, 0.1) is 12.4 Å². The summed E-state index contributed by atoms with van der Waals surface area (Å²) in [6, 6.07) is 6.86. The van der Waals surface area contributed by atoms with Crippen LogP contribution >= 0.6 is 0 Å². The third kappa shape index (κ3) is 5.20. The van der Waals surface area contributed by atoms with Crippen LogP contribution in [-0.4, -0.2) is 62.4 Å². The van der Waals surface area contributed by atoms with Crippen molar-refractivity contribution < 1.29 is 19.5 Å². The molecule has 0 bridgehead atoms. The fourth-order valence-corrected chi connectivity index (χ4v) is 3.56. The van der Waals surface area contributed by atoms with E-state index in [-0.39, 0.29) is 12.3 Å². The second-order valence-corrected chi connectivity index (χ2v) is 7.17. The topological polar surface area (TPSA) is 141 Å². The van der Waals surface area contributed by atoms with Gasteiger partial charge < -0.3 is 26.0 Å². The van der Waals surface area contributed by atoms with E-state index in [1.807, 2.05) is 30.3 Å². The van der Waals surface area contributed by atoms with Crippen molar-refractivity contribution in [2.75, 3.05) is 6.54 Å². The molecule has 3 atom stereocenters. The van der Waals surface area contributed by atoms with E-state index in [1.54, 1.807) is 0 Å². The van der Waals surface area contributed by atoms with Crippen molar-refractivity contribution >= 4 is 17.8 Å². The van der Waals surface area contributed by atoms with Crippen LogP contribution in [0.25, 0.3) is 0 Å². The first-order valence-electron chi connectivity index (χ1n) is 9.56. The van der Waals surface area contributed by atoms with Gasteiger partial charge in [-0.3, -0.25) is 9.59 Å². The van der Waals surface area contributed by atoms with Crippen LogP contribution in [0, 0.1) is 0 Å². The van der Waals surface area contributed by atoms with Crippen LogP contribution in [0.15, 0.2) is 42.9 Å². The quantitative estimate of drug-likeness (QED) is 0.495. The zero-order valence-electron chi connectivity index (χ0n) is 16.0. The summed E-state index contributed by atoms with van der Waals surface area (Å²) >= 11 is 0. The zero-order chi connectivity index (χ0) is 20.8. The second-order valence-electron chi connectivity index (χ2n) is 7.17. The molecule has 2 heterocycles. The van der Waals surface area contributed by atoms with Crippen molar-refractivity contribution in [1.82, 2.24) is 20.2 Å². The summed E-state index contributed by atoms with van der Waals surface area (Å²) in [5.74, 6) is -1.92. The zero-order valence-corrected chi connectivity index (χ0v) is 16.0. The number of nitrogens with one attached hydrogen (secondary N) is 2. The van der Waals surface area contributed by atoms with Gasteiger partial charge in [0.25, 0.3) is 0 Å². The van der Waals surface area contributed by atoms with Gasteiger partial charge in [0, 0.05) is 24.9 Å². The Hall–Kier alpha value is -3.20. The molecule has 0 aliphatic carbocycles. The van der Waals surface area contributed by atoms with E-state index in [1.165, 1.54) is 17.4 Å². The first-order valence-corrected chi connectivity index (χ1v) is 9.56. The monoisotopic (exact) mass is 399 g/mol. The molecule has 9 heteroatoms. The Balaban J connectivity index is 1.63. The van der Waals surface area contributed by atoms with E-state index in [0.717, 1.165) is 5.56 Å². The number of carbonyl (C=O) groups is 3. The molecule has 1 fully saturated rings. The molecule has 2 amide bonds. The molecule has 0 spiro atoms. The number of aromatic nitrogens is 2. The Morgan fingerprint density at radius 1 is 1.28 bits per heavy atom. The number of carboxylic acid groups (broad SMARTS) is 1. The molecule has 3 unspecified atom stereocenters. The van der Waals surface area contributed by atoms with Gasteiger partial charge in [-0.15, -0.1) is 0 Å². The Morgan fingerprint density at radius 3 is 2.69 bits per heavy atom. The molecule has 29 heavy (non-hydrogen) atoms. The van der Waals surface area contributed by atoms with Gasteiger partial charge in [-0.05, 0) is 24.8 Å². The fraction of sp³-hybridized carbons (Fsp3) is 0.400. The predicted octanol–water partition coefficient (Wildman–Crippen LogP) is 0.0826. The Labute approximate surface area is 168 Å². The Morgan fingerprint density at radius 2 is 2.03 bits per heavy atom. The summed E-state index contributed by atoms with van der Waals surface area (Å²) in [7, 11) is 0. The number of hydrogen-bond donors (Lipinski definition) is 4. The smallest absolute Gasteiger partial charge is 0.326 e. The summed E-state index contributed by atoms with van der Waals surface area (Å²) in [6.07, 6.45) is 4.56. The Kier molecular flexibility index (Phi) is 6.61. The number of rotatable bonds is 8. The third-order valence-corrected chi connectivity index (χ3v) is 5.05. The predicted molar refractivity (Wildman–Crippen MR) is 105 cm³/mol. The molecule has 2 aromatic rings. The number of benzene rings is 1. The van der Waals surface area contributed by atoms with Gasteiger partial charge in [-0.1, -0.05) is 30.3 Å². The van der Waals surface area contributed by atoms with Crippen LogP contribution in [0.2, 0.25) is 0 Å². The van der Waals surface area contributed by atoms with Crippen molar-refractivity contribution in [3.8, 4) is 0 Å². The number of H-pyrrole nitrogens is 1. The van der Waals surface area contributed by atoms with E-state index in [9.17, 15) is 19.5 Å². The molecule has 9 nitrogen and oxygen atoms in total. The summed E-state index contributed by atoms with van der Waals surface area (Å²) in [5, 5.41) is 12.0. The molecule has 1 aromatic heterocycles. The van der Waals surface area contributed by atoms with E-state index in [4.69, 9.17) is 5.73 Å². The van der Waals surface area contributed by atoms with Crippen LogP contribution in [0.1, 0.15) is 24.1 Å². The number of nitrogens with two attached hydrogens (primary N) is 1. The first kappa shape index (κ1) is 20.5. The summed E-state index contributed by atoms with van der Waals surface area (Å²) in [4.78, 5) is 45.3. The average molecular weight is 399 g/mol. The highest BCUT2D eigenvalue weighted by Crippen LogP contribution is 2.19. The van der Waals surface area contributed by atoms with E-state index in [2.05, 4.69) is 15.3 Å². The molecule has 1 aliphatic rings. The number of aliphatic carboxylic acids is 1. The lowest BCUT2D eigenvalue weighted by atomic mass is 10.0. The maximum Gasteiger partial charge on any atom is 0.326 e. The number of carboxylic acids is 1. The van der Waals surface area contributed by atoms with Crippen LogP contribution in [-0.2, 0) is 27.2 Å². The summed E-state index contributed by atoms with van der Waals surface area (Å²) in [5.41, 5.74) is 7.65. The molecule has 1 aromatic carbocycles. The largest absolute Gasteiger partial charge is 0.480 e. The van der Waals surface area contributed by atoms with E-state index in [0.29, 0.717) is 31.5 Å². The molecule has 5 N–H and O–H groups in total. The second kappa shape index (κ2) is 9.33. The summed E-state index contributed by atoms with van der Waals surface area (Å²) < 4.78 is 0. The van der Waals surface area contributed by atoms with Crippen molar-refractivity contribution in [2.24, 2.45) is 5.73 Å². The highest BCUT2D eigenvalue weighted by Gasteiger charge is 2.37. The molecule has 154 valence electrons. The number of carbonyl (C=O) groups excluding carboxylic acids is 2. The maximum absolute atomic E-state index is 12.8. The molecule has 1 saturated heterocycles. The Bertz CT molecular complexity index is 840. The lowest BCUT2D eigenvalue weighted by molar-refractivity contribution is -0.144. The van der Waals surface area contributed by atoms with Crippen molar-refractivity contribution in [2.45, 2.75) is 43.8 Å². The highest BCUT2D eigenvalue weighted by molar-refractivity contribution is 5.92. The van der Waals surface area contributed by atoms with Gasteiger partial charge in [-0.2, -0.15) is 0 Å². The maximum atomic E-state index is 12.8. The van der Waals surface area contributed by atoms with Crippen molar-refractivity contribution in [1.29, 1.82) is 0 Å². The minimum atomic E-state index is -1.15. The minimum Gasteiger partial charge on any atom is -0.480 e. The molecule has 3 rings (SSSR count). The summed E-state index contributed by atoms with van der Waals surface area (Å²) in [6.45, 7) is 0.428. The minimum absolute atomic E-state index is 0.0786. The van der Waals surface area contributed by atoms with E-state index >= 15 is 0 Å². The molecule has 0 radical (unpaired) electrons. The fourth-order valence-electron chi connectivity index (χ4n) is 3.56. The normalized spacial score (nSPS) is 18.2. The first-order chi connectivity index (χ1) is 14.0. The number of aromatic amines is 1. The van der Waals surface area contributed by atoms with E-state index < -0.39 is 30.0 Å². The van der Waals surface area contributed by atoms with Crippen LogP contribution < -0.4 is 11.1 Å². The van der Waals surface area contributed by atoms with Crippen LogP contribution in [0.5, 0.6) is 0 Å². The van der Waals surface area contributed by atoms with Crippen molar-refractivity contribution in [3.05, 3.63) is 54.1 Å². The molecule has 1 aliphatic heterocycles. The third-order valence-electron chi connectivity index (χ3n) is 5.05. The van der Waals surface area contributed by atoms with Gasteiger partial charge >= 0.3 is 5.97 Å². The average Bonchev–Trinajstić information content (AvgIpc) is 3.39. The number of amides is 2. The van der Waals surface area contributed by atoms with Gasteiger partial charge in [0.2, 0.25) is 11.8 Å². The lowest BCUT2D eigenvalue weighted by Crippen LogP contribution is -2.54.